The quantitative estimate of drug-likeness (QED) is 0.597. The highest BCUT2D eigenvalue weighted by atomic mass is 16.5. The van der Waals surface area contributed by atoms with Crippen LogP contribution in [-0.2, 0) is 17.6 Å². The summed E-state index contributed by atoms with van der Waals surface area (Å²) in [6.07, 6.45) is 4.41. The second-order valence-corrected chi connectivity index (χ2v) is 5.17. The molecule has 0 unspecified atom stereocenters. The van der Waals surface area contributed by atoms with Crippen LogP contribution < -0.4 is 0 Å². The van der Waals surface area contributed by atoms with Crippen molar-refractivity contribution in [2.45, 2.75) is 26.7 Å². The van der Waals surface area contributed by atoms with Gasteiger partial charge in [-0.05, 0) is 37.8 Å². The van der Waals surface area contributed by atoms with Gasteiger partial charge in [0.25, 0.3) is 0 Å². The third kappa shape index (κ3) is 3.97. The summed E-state index contributed by atoms with van der Waals surface area (Å²) in [6.45, 7) is 7.89. The van der Waals surface area contributed by atoms with E-state index in [4.69, 9.17) is 4.74 Å². The molecule has 2 rings (SSSR count). The molecular weight excluding hydrogens is 222 g/mol. The Morgan fingerprint density at radius 3 is 2.33 bits per heavy atom. The molecule has 1 aliphatic heterocycles. The Labute approximate surface area is 110 Å². The first kappa shape index (κ1) is 13.3. The first-order valence-electron chi connectivity index (χ1n) is 6.76. The van der Waals surface area contributed by atoms with Crippen LogP contribution >= 0.6 is 0 Å². The van der Waals surface area contributed by atoms with Gasteiger partial charge in [0, 0.05) is 13.1 Å². The molecule has 0 amide bonds. The van der Waals surface area contributed by atoms with Crippen molar-refractivity contribution in [1.29, 1.82) is 0 Å². The van der Waals surface area contributed by atoms with Gasteiger partial charge < -0.3 is 4.74 Å². The fourth-order valence-corrected chi connectivity index (χ4v) is 2.25. The summed E-state index contributed by atoms with van der Waals surface area (Å²) < 4.78 is 5.69. The Morgan fingerprint density at radius 1 is 1.17 bits per heavy atom. The van der Waals surface area contributed by atoms with E-state index in [2.05, 4.69) is 49.1 Å². The van der Waals surface area contributed by atoms with E-state index in [1.54, 1.807) is 0 Å². The van der Waals surface area contributed by atoms with E-state index >= 15 is 0 Å². The van der Waals surface area contributed by atoms with E-state index in [0.29, 0.717) is 0 Å². The van der Waals surface area contributed by atoms with Crippen LogP contribution in [0.2, 0.25) is 0 Å². The number of hydrogen-bond donors (Lipinski definition) is 0. The van der Waals surface area contributed by atoms with E-state index in [1.165, 1.54) is 16.7 Å². The molecule has 1 aromatic rings. The Hall–Kier alpha value is -1.12. The molecule has 18 heavy (non-hydrogen) atoms. The van der Waals surface area contributed by atoms with Crippen molar-refractivity contribution in [3.8, 4) is 0 Å². The average molecular weight is 245 g/mol. The van der Waals surface area contributed by atoms with Crippen LogP contribution in [0.4, 0.5) is 0 Å². The van der Waals surface area contributed by atoms with Crippen LogP contribution in [0.5, 0.6) is 0 Å². The number of ether oxygens (including phenoxy) is 1. The van der Waals surface area contributed by atoms with Gasteiger partial charge in [0.15, 0.2) is 0 Å². The summed E-state index contributed by atoms with van der Waals surface area (Å²) in [5, 5.41) is 0. The molecule has 0 radical (unpaired) electrons. The van der Waals surface area contributed by atoms with E-state index in [-0.39, 0.29) is 0 Å². The van der Waals surface area contributed by atoms with Crippen molar-refractivity contribution < 1.29 is 4.74 Å². The van der Waals surface area contributed by atoms with Gasteiger partial charge in [0.1, 0.15) is 0 Å². The summed E-state index contributed by atoms with van der Waals surface area (Å²) in [5.74, 6) is 0. The van der Waals surface area contributed by atoms with Crippen LogP contribution in [0.1, 0.15) is 25.0 Å². The molecule has 0 aliphatic carbocycles. The van der Waals surface area contributed by atoms with Crippen molar-refractivity contribution in [3.63, 3.8) is 0 Å². The highest BCUT2D eigenvalue weighted by Crippen LogP contribution is 2.15. The molecule has 0 saturated carbocycles. The molecule has 0 atom stereocenters. The lowest BCUT2D eigenvalue weighted by Crippen LogP contribution is -2.29. The summed E-state index contributed by atoms with van der Waals surface area (Å²) >= 11 is 0. The van der Waals surface area contributed by atoms with Gasteiger partial charge in [-0.3, -0.25) is 4.90 Å². The minimum atomic E-state index is 0.728. The maximum absolute atomic E-state index is 5.69. The Bertz CT molecular complexity index is 380. The molecule has 1 aromatic carbocycles. The maximum atomic E-state index is 5.69. The molecular formula is C16H23NO. The predicted octanol–water partition coefficient (Wildman–Crippen LogP) is 3.03. The SMILES string of the molecule is CC(C)=CCOCN1CCc2ccccc2CC1. The van der Waals surface area contributed by atoms with Gasteiger partial charge in [-0.15, -0.1) is 0 Å². The average Bonchev–Trinajstić information content (AvgIpc) is 2.57. The molecule has 0 bridgehead atoms. The zero-order chi connectivity index (χ0) is 12.8. The minimum Gasteiger partial charge on any atom is -0.362 e. The molecule has 2 nitrogen and oxygen atoms in total. The van der Waals surface area contributed by atoms with Crippen molar-refractivity contribution in [3.05, 3.63) is 47.0 Å². The standard InChI is InChI=1S/C16H23NO/c1-14(2)9-12-18-13-17-10-7-15-5-3-4-6-16(15)8-11-17/h3-6,9H,7-8,10-13H2,1-2H3. The molecule has 98 valence electrons. The Balaban J connectivity index is 1.79. The fourth-order valence-electron chi connectivity index (χ4n) is 2.25. The third-order valence-electron chi connectivity index (χ3n) is 3.40. The Morgan fingerprint density at radius 2 is 1.78 bits per heavy atom. The minimum absolute atomic E-state index is 0.728. The van der Waals surface area contributed by atoms with Crippen LogP contribution in [0.25, 0.3) is 0 Å². The number of hydrogen-bond acceptors (Lipinski definition) is 2. The topological polar surface area (TPSA) is 12.5 Å². The maximum Gasteiger partial charge on any atom is 0.0994 e. The molecule has 0 spiro atoms. The van der Waals surface area contributed by atoms with Crippen molar-refractivity contribution in [2.75, 3.05) is 26.4 Å². The summed E-state index contributed by atoms with van der Waals surface area (Å²) in [7, 11) is 0. The molecule has 1 aliphatic rings. The number of fused-ring (bicyclic) bond motifs is 1. The molecule has 0 aromatic heterocycles. The highest BCUT2D eigenvalue weighted by molar-refractivity contribution is 5.28. The first-order valence-corrected chi connectivity index (χ1v) is 6.76. The van der Waals surface area contributed by atoms with Gasteiger partial charge in [0.2, 0.25) is 0 Å². The van der Waals surface area contributed by atoms with Crippen LogP contribution in [0, 0.1) is 0 Å². The number of rotatable bonds is 4. The number of benzene rings is 1. The van der Waals surface area contributed by atoms with Gasteiger partial charge in [-0.25, -0.2) is 0 Å². The van der Waals surface area contributed by atoms with E-state index in [9.17, 15) is 0 Å². The summed E-state index contributed by atoms with van der Waals surface area (Å²) in [4.78, 5) is 2.40. The van der Waals surface area contributed by atoms with Gasteiger partial charge >= 0.3 is 0 Å². The molecule has 0 saturated heterocycles. The molecule has 1 heterocycles. The third-order valence-corrected chi connectivity index (χ3v) is 3.40. The second-order valence-electron chi connectivity index (χ2n) is 5.17. The second kappa shape index (κ2) is 6.72. The van der Waals surface area contributed by atoms with Crippen LogP contribution in [0.3, 0.4) is 0 Å². The monoisotopic (exact) mass is 245 g/mol. The lowest BCUT2D eigenvalue weighted by Gasteiger charge is -2.19. The first-order chi connectivity index (χ1) is 8.75. The lowest BCUT2D eigenvalue weighted by molar-refractivity contribution is 0.0461. The smallest absolute Gasteiger partial charge is 0.0994 e. The largest absolute Gasteiger partial charge is 0.362 e. The zero-order valence-electron chi connectivity index (χ0n) is 11.5. The fraction of sp³-hybridized carbons (Fsp3) is 0.500. The number of allylic oxidation sites excluding steroid dienone is 1. The van der Waals surface area contributed by atoms with E-state index < -0.39 is 0 Å². The number of nitrogens with zero attached hydrogens (tertiary/aromatic N) is 1. The molecule has 0 N–H and O–H groups in total. The highest BCUT2D eigenvalue weighted by Gasteiger charge is 2.12. The van der Waals surface area contributed by atoms with Crippen molar-refractivity contribution in [1.82, 2.24) is 4.90 Å². The summed E-state index contributed by atoms with van der Waals surface area (Å²) in [5.41, 5.74) is 4.33. The van der Waals surface area contributed by atoms with Gasteiger partial charge in [-0.1, -0.05) is 35.9 Å². The predicted molar refractivity (Wildman–Crippen MR) is 75.7 cm³/mol. The normalized spacial score (nSPS) is 15.9. The Kier molecular flexibility index (Phi) is 4.97. The summed E-state index contributed by atoms with van der Waals surface area (Å²) in [6, 6.07) is 8.78. The lowest BCUT2D eigenvalue weighted by atomic mass is 10.0. The van der Waals surface area contributed by atoms with Crippen molar-refractivity contribution in [2.24, 2.45) is 0 Å². The molecule has 0 fully saturated rings. The van der Waals surface area contributed by atoms with Crippen LogP contribution in [0.15, 0.2) is 35.9 Å². The van der Waals surface area contributed by atoms with E-state index in [0.717, 1.165) is 39.3 Å². The van der Waals surface area contributed by atoms with Crippen molar-refractivity contribution >= 4 is 0 Å². The van der Waals surface area contributed by atoms with E-state index in [1.807, 2.05) is 0 Å². The van der Waals surface area contributed by atoms with Gasteiger partial charge in [-0.2, -0.15) is 0 Å². The zero-order valence-corrected chi connectivity index (χ0v) is 11.5. The van der Waals surface area contributed by atoms with Crippen LogP contribution in [-0.4, -0.2) is 31.3 Å². The molecule has 2 heteroatoms. The van der Waals surface area contributed by atoms with Gasteiger partial charge in [0.05, 0.1) is 13.3 Å².